The van der Waals surface area contributed by atoms with E-state index in [0.717, 1.165) is 36.9 Å². The first-order chi connectivity index (χ1) is 11.1. The number of hydrogen-bond donors (Lipinski definition) is 2. The highest BCUT2D eigenvalue weighted by Crippen LogP contribution is 2.32. The molecule has 1 aliphatic carbocycles. The molecule has 1 aromatic rings. The molecule has 0 spiro atoms. The van der Waals surface area contributed by atoms with Crippen LogP contribution in [0.25, 0.3) is 0 Å². The standard InChI is InChI=1S/C16H20F2N2O3.ClH/c17-16(18)23-11-4-5-12-10(8-11)2-1-3-13(12)20-15(21)14-9-19-6-7-22-14;/h4-5,8,13-14,16,19H,1-3,6-7,9H2,(H,20,21);1H. The molecule has 5 nitrogen and oxygen atoms in total. The lowest BCUT2D eigenvalue weighted by Gasteiger charge is -2.29. The lowest BCUT2D eigenvalue weighted by Crippen LogP contribution is -2.48. The summed E-state index contributed by atoms with van der Waals surface area (Å²) in [7, 11) is 0. The van der Waals surface area contributed by atoms with Gasteiger partial charge in [0.15, 0.2) is 0 Å². The first-order valence-corrected chi connectivity index (χ1v) is 7.84. The maximum Gasteiger partial charge on any atom is 0.387 e. The number of rotatable bonds is 4. The topological polar surface area (TPSA) is 59.6 Å². The molecule has 2 atom stereocenters. The molecule has 8 heteroatoms. The van der Waals surface area contributed by atoms with Gasteiger partial charge < -0.3 is 20.1 Å². The minimum Gasteiger partial charge on any atom is -0.435 e. The number of benzene rings is 1. The van der Waals surface area contributed by atoms with Crippen molar-refractivity contribution in [3.63, 3.8) is 0 Å². The van der Waals surface area contributed by atoms with Gasteiger partial charge in [-0.25, -0.2) is 0 Å². The molecule has 1 amide bonds. The smallest absolute Gasteiger partial charge is 0.387 e. The van der Waals surface area contributed by atoms with Crippen LogP contribution in [0.2, 0.25) is 0 Å². The minimum atomic E-state index is -2.83. The van der Waals surface area contributed by atoms with Gasteiger partial charge >= 0.3 is 6.61 Å². The molecule has 0 saturated carbocycles. The van der Waals surface area contributed by atoms with Gasteiger partial charge in [-0.15, -0.1) is 12.4 Å². The predicted molar refractivity (Wildman–Crippen MR) is 86.8 cm³/mol. The van der Waals surface area contributed by atoms with Crippen molar-refractivity contribution in [2.24, 2.45) is 0 Å². The number of carbonyl (C=O) groups excluding carboxylic acids is 1. The van der Waals surface area contributed by atoms with Crippen molar-refractivity contribution < 1.29 is 23.0 Å². The Morgan fingerprint density at radius 3 is 2.96 bits per heavy atom. The van der Waals surface area contributed by atoms with E-state index in [1.165, 1.54) is 6.07 Å². The van der Waals surface area contributed by atoms with E-state index in [1.54, 1.807) is 12.1 Å². The average Bonchev–Trinajstić information content (AvgIpc) is 2.55. The lowest BCUT2D eigenvalue weighted by atomic mass is 9.87. The summed E-state index contributed by atoms with van der Waals surface area (Å²) in [6.45, 7) is -1.05. The molecule has 1 aliphatic heterocycles. The fraction of sp³-hybridized carbons (Fsp3) is 0.562. The first-order valence-electron chi connectivity index (χ1n) is 7.84. The van der Waals surface area contributed by atoms with Crippen LogP contribution < -0.4 is 15.4 Å². The van der Waals surface area contributed by atoms with Crippen molar-refractivity contribution in [2.45, 2.75) is 38.0 Å². The molecule has 3 rings (SSSR count). The van der Waals surface area contributed by atoms with Gasteiger partial charge in [-0.2, -0.15) is 8.78 Å². The fourth-order valence-corrected chi connectivity index (χ4v) is 3.12. The Hall–Kier alpha value is -1.44. The number of carbonyl (C=O) groups is 1. The summed E-state index contributed by atoms with van der Waals surface area (Å²) >= 11 is 0. The van der Waals surface area contributed by atoms with Crippen LogP contribution in [0.1, 0.15) is 30.0 Å². The summed E-state index contributed by atoms with van der Waals surface area (Å²) in [6.07, 6.45) is 2.04. The van der Waals surface area contributed by atoms with E-state index in [2.05, 4.69) is 15.4 Å². The predicted octanol–water partition coefficient (Wildman–Crippen LogP) is 2.19. The highest BCUT2D eigenvalue weighted by molar-refractivity contribution is 5.85. The second-order valence-electron chi connectivity index (χ2n) is 5.76. The van der Waals surface area contributed by atoms with E-state index < -0.39 is 12.7 Å². The number of halogens is 3. The lowest BCUT2D eigenvalue weighted by molar-refractivity contribution is -0.135. The molecular formula is C16H21ClF2N2O3. The van der Waals surface area contributed by atoms with Crippen LogP contribution in [-0.4, -0.2) is 38.3 Å². The Labute approximate surface area is 145 Å². The molecule has 0 aromatic heterocycles. The Kier molecular flexibility index (Phi) is 6.77. The van der Waals surface area contributed by atoms with Crippen molar-refractivity contribution in [3.8, 4) is 5.75 Å². The van der Waals surface area contributed by atoms with Gasteiger partial charge in [0.25, 0.3) is 5.91 Å². The molecule has 0 radical (unpaired) electrons. The molecule has 1 heterocycles. The third kappa shape index (κ3) is 4.55. The molecule has 0 bridgehead atoms. The molecule has 1 fully saturated rings. The number of fused-ring (bicyclic) bond motifs is 1. The van der Waals surface area contributed by atoms with Crippen molar-refractivity contribution in [1.82, 2.24) is 10.6 Å². The Morgan fingerprint density at radius 2 is 2.25 bits per heavy atom. The molecule has 1 aromatic carbocycles. The van der Waals surface area contributed by atoms with E-state index >= 15 is 0 Å². The minimum absolute atomic E-state index is 0. The summed E-state index contributed by atoms with van der Waals surface area (Å²) in [4.78, 5) is 12.3. The second kappa shape index (κ2) is 8.60. The number of hydrogen-bond acceptors (Lipinski definition) is 4. The number of nitrogens with one attached hydrogen (secondary N) is 2. The zero-order valence-corrected chi connectivity index (χ0v) is 13.9. The summed E-state index contributed by atoms with van der Waals surface area (Å²) in [6, 6.07) is 4.81. The van der Waals surface area contributed by atoms with Gasteiger partial charge in [-0.3, -0.25) is 4.79 Å². The molecule has 24 heavy (non-hydrogen) atoms. The zero-order valence-electron chi connectivity index (χ0n) is 13.1. The number of aryl methyl sites for hydroxylation is 1. The van der Waals surface area contributed by atoms with E-state index in [-0.39, 0.29) is 30.1 Å². The van der Waals surface area contributed by atoms with E-state index in [9.17, 15) is 13.6 Å². The monoisotopic (exact) mass is 362 g/mol. The van der Waals surface area contributed by atoms with Gasteiger partial charge in [0.1, 0.15) is 11.9 Å². The zero-order chi connectivity index (χ0) is 16.2. The fourth-order valence-electron chi connectivity index (χ4n) is 3.12. The SMILES string of the molecule is Cl.O=C(NC1CCCc2cc(OC(F)F)ccc21)C1CNCCO1. The summed E-state index contributed by atoms with van der Waals surface area (Å²) in [5.41, 5.74) is 1.91. The van der Waals surface area contributed by atoms with Crippen molar-refractivity contribution in [3.05, 3.63) is 29.3 Å². The van der Waals surface area contributed by atoms with Crippen LogP contribution in [0.3, 0.4) is 0 Å². The maximum atomic E-state index is 12.3. The summed E-state index contributed by atoms with van der Waals surface area (Å²) in [5, 5.41) is 6.14. The van der Waals surface area contributed by atoms with Crippen LogP contribution in [0.15, 0.2) is 18.2 Å². The van der Waals surface area contributed by atoms with Crippen molar-refractivity contribution >= 4 is 18.3 Å². The number of amides is 1. The van der Waals surface area contributed by atoms with Crippen LogP contribution in [-0.2, 0) is 16.0 Å². The van der Waals surface area contributed by atoms with Gasteiger partial charge in [-0.05, 0) is 42.5 Å². The van der Waals surface area contributed by atoms with Gasteiger partial charge in [0.05, 0.1) is 12.6 Å². The number of alkyl halides is 2. The molecule has 2 aliphatic rings. The van der Waals surface area contributed by atoms with Crippen LogP contribution in [0.5, 0.6) is 5.75 Å². The van der Waals surface area contributed by atoms with Crippen LogP contribution >= 0.6 is 12.4 Å². The Balaban J connectivity index is 0.00000208. The normalized spacial score (nSPS) is 23.1. The van der Waals surface area contributed by atoms with E-state index in [0.29, 0.717) is 13.2 Å². The number of ether oxygens (including phenoxy) is 2. The Bertz CT molecular complexity index is 568. The quantitative estimate of drug-likeness (QED) is 0.862. The van der Waals surface area contributed by atoms with Gasteiger partial charge in [-0.1, -0.05) is 6.07 Å². The molecule has 1 saturated heterocycles. The molecule has 2 N–H and O–H groups in total. The van der Waals surface area contributed by atoms with Crippen LogP contribution in [0.4, 0.5) is 8.78 Å². The highest BCUT2D eigenvalue weighted by Gasteiger charge is 2.27. The van der Waals surface area contributed by atoms with E-state index in [4.69, 9.17) is 4.74 Å². The van der Waals surface area contributed by atoms with Crippen molar-refractivity contribution in [2.75, 3.05) is 19.7 Å². The Morgan fingerprint density at radius 1 is 1.42 bits per heavy atom. The third-order valence-electron chi connectivity index (χ3n) is 4.19. The number of morpholine rings is 1. The van der Waals surface area contributed by atoms with Gasteiger partial charge in [0.2, 0.25) is 0 Å². The maximum absolute atomic E-state index is 12.3. The van der Waals surface area contributed by atoms with Gasteiger partial charge in [0, 0.05) is 13.1 Å². The summed E-state index contributed by atoms with van der Waals surface area (Å²) < 4.78 is 34.5. The molecule has 134 valence electrons. The molecular weight excluding hydrogens is 342 g/mol. The first kappa shape index (κ1) is 18.9. The highest BCUT2D eigenvalue weighted by atomic mass is 35.5. The molecule has 2 unspecified atom stereocenters. The second-order valence-corrected chi connectivity index (χ2v) is 5.76. The van der Waals surface area contributed by atoms with Crippen LogP contribution in [0, 0.1) is 0 Å². The summed E-state index contributed by atoms with van der Waals surface area (Å²) in [5.74, 6) is 0.0218. The average molecular weight is 363 g/mol. The largest absolute Gasteiger partial charge is 0.435 e. The third-order valence-corrected chi connectivity index (χ3v) is 4.19. The van der Waals surface area contributed by atoms with Crippen molar-refractivity contribution in [1.29, 1.82) is 0 Å². The van der Waals surface area contributed by atoms with E-state index in [1.807, 2.05) is 0 Å².